The van der Waals surface area contributed by atoms with Crippen molar-refractivity contribution < 1.29 is 9.53 Å². The standard InChI is InChI=1S/C21H20N2O2/c1-2-25-20-11-7-6-10-19(20)22-17-12-14-18(15-13-17)23-21(24)16-8-4-3-5-9-16/h3-15,22H,2H2,1H3,(H,23,24). The largest absolute Gasteiger partial charge is 0.492 e. The molecule has 0 unspecified atom stereocenters. The van der Waals surface area contributed by atoms with Crippen molar-refractivity contribution in [2.45, 2.75) is 6.92 Å². The van der Waals surface area contributed by atoms with Crippen LogP contribution in [-0.4, -0.2) is 12.5 Å². The van der Waals surface area contributed by atoms with Crippen LogP contribution in [0.4, 0.5) is 17.1 Å². The normalized spacial score (nSPS) is 10.1. The van der Waals surface area contributed by atoms with E-state index in [2.05, 4.69) is 10.6 Å². The van der Waals surface area contributed by atoms with E-state index in [1.807, 2.05) is 73.7 Å². The first-order valence-corrected chi connectivity index (χ1v) is 8.21. The van der Waals surface area contributed by atoms with Gasteiger partial charge in [0.1, 0.15) is 5.75 Å². The smallest absolute Gasteiger partial charge is 0.255 e. The summed E-state index contributed by atoms with van der Waals surface area (Å²) in [5, 5.41) is 6.22. The molecule has 3 aromatic carbocycles. The molecule has 3 aromatic rings. The number of anilines is 3. The number of amides is 1. The number of hydrogen-bond donors (Lipinski definition) is 2. The van der Waals surface area contributed by atoms with E-state index < -0.39 is 0 Å². The van der Waals surface area contributed by atoms with Gasteiger partial charge in [0.15, 0.2) is 0 Å². The third-order valence-electron chi connectivity index (χ3n) is 3.64. The van der Waals surface area contributed by atoms with Crippen molar-refractivity contribution in [3.63, 3.8) is 0 Å². The van der Waals surface area contributed by atoms with Gasteiger partial charge in [-0.15, -0.1) is 0 Å². The van der Waals surface area contributed by atoms with Crippen LogP contribution < -0.4 is 15.4 Å². The zero-order chi connectivity index (χ0) is 17.5. The highest BCUT2D eigenvalue weighted by molar-refractivity contribution is 6.04. The minimum Gasteiger partial charge on any atom is -0.492 e. The number of ether oxygens (including phenoxy) is 1. The number of benzene rings is 3. The molecule has 0 spiro atoms. The SMILES string of the molecule is CCOc1ccccc1Nc1ccc(NC(=O)c2ccccc2)cc1. The fraction of sp³-hybridized carbons (Fsp3) is 0.0952. The van der Waals surface area contributed by atoms with Gasteiger partial charge in [-0.25, -0.2) is 0 Å². The summed E-state index contributed by atoms with van der Waals surface area (Å²) in [6.07, 6.45) is 0. The van der Waals surface area contributed by atoms with Gasteiger partial charge in [0.2, 0.25) is 0 Å². The van der Waals surface area contributed by atoms with E-state index in [4.69, 9.17) is 4.74 Å². The van der Waals surface area contributed by atoms with Gasteiger partial charge in [0, 0.05) is 16.9 Å². The van der Waals surface area contributed by atoms with E-state index >= 15 is 0 Å². The van der Waals surface area contributed by atoms with Crippen molar-refractivity contribution in [1.82, 2.24) is 0 Å². The number of carbonyl (C=O) groups excluding carboxylic acids is 1. The Morgan fingerprint density at radius 1 is 0.840 bits per heavy atom. The van der Waals surface area contributed by atoms with Crippen LogP contribution in [0.1, 0.15) is 17.3 Å². The Morgan fingerprint density at radius 3 is 2.20 bits per heavy atom. The molecule has 0 saturated carbocycles. The molecular formula is C21H20N2O2. The molecule has 0 fully saturated rings. The van der Waals surface area contributed by atoms with Crippen molar-refractivity contribution in [3.05, 3.63) is 84.4 Å². The minimum atomic E-state index is -0.122. The molecule has 0 bridgehead atoms. The number of hydrogen-bond acceptors (Lipinski definition) is 3. The molecule has 0 radical (unpaired) electrons. The van der Waals surface area contributed by atoms with Crippen molar-refractivity contribution in [3.8, 4) is 5.75 Å². The van der Waals surface area contributed by atoms with Gasteiger partial charge in [-0.2, -0.15) is 0 Å². The summed E-state index contributed by atoms with van der Waals surface area (Å²) in [5.41, 5.74) is 3.21. The zero-order valence-electron chi connectivity index (χ0n) is 14.0. The molecule has 25 heavy (non-hydrogen) atoms. The third kappa shape index (κ3) is 4.38. The molecule has 0 heterocycles. The third-order valence-corrected chi connectivity index (χ3v) is 3.64. The predicted octanol–water partition coefficient (Wildman–Crippen LogP) is 5.08. The maximum atomic E-state index is 12.2. The summed E-state index contributed by atoms with van der Waals surface area (Å²) in [7, 11) is 0. The van der Waals surface area contributed by atoms with Gasteiger partial charge >= 0.3 is 0 Å². The topological polar surface area (TPSA) is 50.4 Å². The first-order chi connectivity index (χ1) is 12.3. The highest BCUT2D eigenvalue weighted by Gasteiger charge is 2.06. The first-order valence-electron chi connectivity index (χ1n) is 8.21. The summed E-state index contributed by atoms with van der Waals surface area (Å²) < 4.78 is 5.62. The molecule has 2 N–H and O–H groups in total. The molecule has 4 nitrogen and oxygen atoms in total. The van der Waals surface area contributed by atoms with E-state index in [0.717, 1.165) is 22.8 Å². The van der Waals surface area contributed by atoms with Crippen molar-refractivity contribution >= 4 is 23.0 Å². The number of rotatable bonds is 6. The van der Waals surface area contributed by atoms with Crippen molar-refractivity contribution in [2.75, 3.05) is 17.2 Å². The van der Waals surface area contributed by atoms with Crippen LogP contribution in [0.2, 0.25) is 0 Å². The van der Waals surface area contributed by atoms with Crippen LogP contribution in [0.3, 0.4) is 0 Å². The molecule has 3 rings (SSSR count). The Hall–Kier alpha value is -3.27. The van der Waals surface area contributed by atoms with E-state index in [-0.39, 0.29) is 5.91 Å². The molecule has 0 aliphatic heterocycles. The lowest BCUT2D eigenvalue weighted by molar-refractivity contribution is 0.102. The fourth-order valence-electron chi connectivity index (χ4n) is 2.44. The van der Waals surface area contributed by atoms with E-state index in [1.165, 1.54) is 0 Å². The lowest BCUT2D eigenvalue weighted by Crippen LogP contribution is -2.11. The summed E-state index contributed by atoms with van der Waals surface area (Å²) in [6, 6.07) is 24.5. The number of para-hydroxylation sites is 2. The van der Waals surface area contributed by atoms with Gasteiger partial charge in [0.05, 0.1) is 12.3 Å². The van der Waals surface area contributed by atoms with Gasteiger partial charge in [-0.05, 0) is 55.5 Å². The molecule has 126 valence electrons. The second-order valence-corrected chi connectivity index (χ2v) is 5.45. The molecule has 0 aliphatic carbocycles. The average molecular weight is 332 g/mol. The molecule has 0 aliphatic rings. The lowest BCUT2D eigenvalue weighted by atomic mass is 10.2. The minimum absolute atomic E-state index is 0.122. The predicted molar refractivity (Wildman–Crippen MR) is 102 cm³/mol. The summed E-state index contributed by atoms with van der Waals surface area (Å²) in [4.78, 5) is 12.2. The number of carbonyl (C=O) groups is 1. The highest BCUT2D eigenvalue weighted by Crippen LogP contribution is 2.28. The Balaban J connectivity index is 1.68. The molecule has 0 atom stereocenters. The van der Waals surface area contributed by atoms with Gasteiger partial charge < -0.3 is 15.4 Å². The molecule has 0 saturated heterocycles. The maximum Gasteiger partial charge on any atom is 0.255 e. The maximum absolute atomic E-state index is 12.2. The Kier molecular flexibility index (Phi) is 5.32. The van der Waals surface area contributed by atoms with Crippen LogP contribution in [0.25, 0.3) is 0 Å². The van der Waals surface area contributed by atoms with Crippen LogP contribution >= 0.6 is 0 Å². The van der Waals surface area contributed by atoms with Crippen LogP contribution in [-0.2, 0) is 0 Å². The average Bonchev–Trinajstić information content (AvgIpc) is 2.66. The highest BCUT2D eigenvalue weighted by atomic mass is 16.5. The van der Waals surface area contributed by atoms with Crippen molar-refractivity contribution in [1.29, 1.82) is 0 Å². The van der Waals surface area contributed by atoms with Gasteiger partial charge in [0.25, 0.3) is 5.91 Å². The Bertz CT molecular complexity index is 830. The second kappa shape index (κ2) is 8.02. The Labute approximate surface area is 147 Å². The van der Waals surface area contributed by atoms with Crippen molar-refractivity contribution in [2.24, 2.45) is 0 Å². The molecule has 0 aromatic heterocycles. The second-order valence-electron chi connectivity index (χ2n) is 5.45. The molecule has 1 amide bonds. The summed E-state index contributed by atoms with van der Waals surface area (Å²) in [5.74, 6) is 0.689. The van der Waals surface area contributed by atoms with E-state index in [1.54, 1.807) is 12.1 Å². The number of nitrogens with one attached hydrogen (secondary N) is 2. The summed E-state index contributed by atoms with van der Waals surface area (Å²) in [6.45, 7) is 2.57. The quantitative estimate of drug-likeness (QED) is 0.662. The fourth-order valence-corrected chi connectivity index (χ4v) is 2.44. The van der Waals surface area contributed by atoms with Gasteiger partial charge in [-0.3, -0.25) is 4.79 Å². The summed E-state index contributed by atoms with van der Waals surface area (Å²) >= 11 is 0. The monoisotopic (exact) mass is 332 g/mol. The Morgan fingerprint density at radius 2 is 1.48 bits per heavy atom. The van der Waals surface area contributed by atoms with Crippen LogP contribution in [0.5, 0.6) is 5.75 Å². The first kappa shape index (κ1) is 16.6. The lowest BCUT2D eigenvalue weighted by Gasteiger charge is -2.13. The van der Waals surface area contributed by atoms with Crippen LogP contribution in [0.15, 0.2) is 78.9 Å². The van der Waals surface area contributed by atoms with Crippen LogP contribution in [0, 0.1) is 0 Å². The van der Waals surface area contributed by atoms with E-state index in [0.29, 0.717) is 12.2 Å². The zero-order valence-corrected chi connectivity index (χ0v) is 14.0. The van der Waals surface area contributed by atoms with Gasteiger partial charge in [-0.1, -0.05) is 30.3 Å². The molecular weight excluding hydrogens is 312 g/mol. The molecule has 4 heteroatoms. The van der Waals surface area contributed by atoms with E-state index in [9.17, 15) is 4.79 Å².